The highest BCUT2D eigenvalue weighted by Gasteiger charge is 2.14. The number of carbonyl (C=O) groups excluding carboxylic acids is 1. The number of thioether (sulfide) groups is 1. The molecule has 0 aliphatic carbocycles. The van der Waals surface area contributed by atoms with Crippen LogP contribution in [-0.2, 0) is 4.79 Å². The van der Waals surface area contributed by atoms with E-state index in [1.807, 2.05) is 72.1 Å². The van der Waals surface area contributed by atoms with Crippen LogP contribution in [0.25, 0.3) is 16.9 Å². The van der Waals surface area contributed by atoms with Gasteiger partial charge >= 0.3 is 0 Å². The number of aromatic nitrogens is 2. The highest BCUT2D eigenvalue weighted by molar-refractivity contribution is 8.04. The maximum atomic E-state index is 12.5. The lowest BCUT2D eigenvalue weighted by Gasteiger charge is -2.08. The highest BCUT2D eigenvalue weighted by atomic mass is 32.2. The van der Waals surface area contributed by atoms with Gasteiger partial charge in [0.05, 0.1) is 16.3 Å². The van der Waals surface area contributed by atoms with Gasteiger partial charge in [0.1, 0.15) is 5.82 Å². The summed E-state index contributed by atoms with van der Waals surface area (Å²) < 4.78 is 1.71. The van der Waals surface area contributed by atoms with E-state index in [1.54, 1.807) is 22.2 Å². The van der Waals surface area contributed by atoms with Crippen LogP contribution in [0.15, 0.2) is 101 Å². The van der Waals surface area contributed by atoms with Gasteiger partial charge < -0.3 is 5.32 Å². The molecule has 0 radical (unpaired) electrons. The van der Waals surface area contributed by atoms with Crippen molar-refractivity contribution in [3.05, 3.63) is 101 Å². The monoisotopic (exact) mass is 405 g/mol. The van der Waals surface area contributed by atoms with Gasteiger partial charge in [-0.2, -0.15) is 5.10 Å². The summed E-state index contributed by atoms with van der Waals surface area (Å²) in [6.07, 6.45) is 3.38. The summed E-state index contributed by atoms with van der Waals surface area (Å²) in [5.74, 6) is 0.257. The zero-order valence-electron chi connectivity index (χ0n) is 15.0. The lowest BCUT2D eigenvalue weighted by molar-refractivity contribution is -0.112. The van der Waals surface area contributed by atoms with Crippen LogP contribution in [0.1, 0.15) is 0 Å². The fraction of sp³-hybridized carbons (Fsp3) is 0. The number of hydrogen-bond donors (Lipinski definition) is 2. The van der Waals surface area contributed by atoms with E-state index in [4.69, 9.17) is 0 Å². The van der Waals surface area contributed by atoms with Crippen molar-refractivity contribution in [2.24, 2.45) is 0 Å². The molecule has 0 bridgehead atoms. The van der Waals surface area contributed by atoms with Crippen molar-refractivity contribution in [3.63, 3.8) is 0 Å². The minimum Gasteiger partial charge on any atom is -0.306 e. The number of nitrogens with one attached hydrogen (secondary N) is 1. The fourth-order valence-electron chi connectivity index (χ4n) is 2.47. The molecule has 1 amide bonds. The molecule has 1 N–H and O–H groups in total. The van der Waals surface area contributed by atoms with Crippen LogP contribution >= 0.6 is 24.4 Å². The highest BCUT2D eigenvalue weighted by Crippen LogP contribution is 2.25. The maximum absolute atomic E-state index is 12.5. The van der Waals surface area contributed by atoms with Crippen LogP contribution in [0.4, 0.5) is 5.82 Å². The van der Waals surface area contributed by atoms with Gasteiger partial charge in [-0.1, -0.05) is 61.2 Å². The standard InChI is InChI=1S/C22H19N3OS2/c1-2-28-15-9-14-20(27)22(26)23-21-16-19(17-10-5-3-6-11-17)24-25(21)18-12-7-4-8-13-18/h2-16,27H,1H2,(H,23,26)/b15-9+,20-14-. The Bertz CT molecular complexity index is 1010. The van der Waals surface area contributed by atoms with Gasteiger partial charge in [0.25, 0.3) is 5.91 Å². The largest absolute Gasteiger partial charge is 0.306 e. The molecule has 4 nitrogen and oxygen atoms in total. The Morgan fingerprint density at radius 2 is 1.79 bits per heavy atom. The number of anilines is 1. The first-order valence-corrected chi connectivity index (χ1v) is 9.92. The second-order valence-electron chi connectivity index (χ2n) is 5.67. The Hall–Kier alpha value is -2.96. The van der Waals surface area contributed by atoms with Crippen LogP contribution in [0, 0.1) is 0 Å². The number of nitrogens with zero attached hydrogens (tertiary/aromatic N) is 2. The maximum Gasteiger partial charge on any atom is 0.262 e. The fourth-order valence-corrected chi connectivity index (χ4v) is 2.90. The molecule has 1 heterocycles. The van der Waals surface area contributed by atoms with Crippen LogP contribution in [-0.4, -0.2) is 15.7 Å². The summed E-state index contributed by atoms with van der Waals surface area (Å²) in [5.41, 5.74) is 2.59. The van der Waals surface area contributed by atoms with E-state index in [0.29, 0.717) is 10.7 Å². The first kappa shape index (κ1) is 19.8. The molecule has 6 heteroatoms. The zero-order valence-corrected chi connectivity index (χ0v) is 16.7. The zero-order chi connectivity index (χ0) is 19.8. The summed E-state index contributed by atoms with van der Waals surface area (Å²) in [6.45, 7) is 3.62. The molecule has 0 aliphatic heterocycles. The van der Waals surface area contributed by atoms with E-state index in [9.17, 15) is 4.79 Å². The summed E-state index contributed by atoms with van der Waals surface area (Å²) in [4.78, 5) is 12.8. The van der Waals surface area contributed by atoms with Crippen molar-refractivity contribution in [2.45, 2.75) is 0 Å². The molecule has 0 spiro atoms. The Morgan fingerprint density at radius 3 is 2.46 bits per heavy atom. The smallest absolute Gasteiger partial charge is 0.262 e. The SMILES string of the molecule is C=CS/C=C/C=C(\S)C(=O)Nc1cc(-c2ccccc2)nn1-c1ccccc1. The van der Waals surface area contributed by atoms with Crippen molar-refractivity contribution in [1.29, 1.82) is 0 Å². The molecule has 0 fully saturated rings. The van der Waals surface area contributed by atoms with Crippen molar-refractivity contribution in [3.8, 4) is 16.9 Å². The predicted octanol–water partition coefficient (Wildman–Crippen LogP) is 5.68. The molecule has 3 aromatic rings. The quantitative estimate of drug-likeness (QED) is 0.302. The third-order valence-corrected chi connectivity index (χ3v) is 4.62. The van der Waals surface area contributed by atoms with Crippen molar-refractivity contribution in [1.82, 2.24) is 9.78 Å². The first-order valence-electron chi connectivity index (χ1n) is 8.53. The predicted molar refractivity (Wildman–Crippen MR) is 122 cm³/mol. The van der Waals surface area contributed by atoms with Gasteiger partial charge in [0, 0.05) is 11.6 Å². The van der Waals surface area contributed by atoms with Crippen LogP contribution < -0.4 is 5.32 Å². The van der Waals surface area contributed by atoms with Gasteiger partial charge in [-0.25, -0.2) is 4.68 Å². The van der Waals surface area contributed by atoms with Gasteiger partial charge in [-0.05, 0) is 29.0 Å². The van der Waals surface area contributed by atoms with E-state index in [1.165, 1.54) is 11.8 Å². The van der Waals surface area contributed by atoms with E-state index < -0.39 is 0 Å². The Kier molecular flexibility index (Phi) is 6.94. The molecular weight excluding hydrogens is 386 g/mol. The number of carbonyl (C=O) groups is 1. The van der Waals surface area contributed by atoms with Crippen LogP contribution in [0.2, 0.25) is 0 Å². The number of hydrogen-bond acceptors (Lipinski definition) is 4. The molecule has 0 aliphatic rings. The van der Waals surface area contributed by atoms with Gasteiger partial charge in [0.15, 0.2) is 0 Å². The van der Waals surface area contributed by atoms with E-state index in [-0.39, 0.29) is 5.91 Å². The van der Waals surface area contributed by atoms with E-state index in [0.717, 1.165) is 16.9 Å². The molecular formula is C22H19N3OS2. The minimum absolute atomic E-state index is 0.294. The summed E-state index contributed by atoms with van der Waals surface area (Å²) in [7, 11) is 0. The second kappa shape index (κ2) is 9.82. The summed E-state index contributed by atoms with van der Waals surface area (Å²) >= 11 is 5.71. The van der Waals surface area contributed by atoms with Crippen molar-refractivity contribution < 1.29 is 4.79 Å². The first-order chi connectivity index (χ1) is 13.7. The van der Waals surface area contributed by atoms with Gasteiger partial charge in [0.2, 0.25) is 0 Å². The molecule has 0 saturated heterocycles. The third kappa shape index (κ3) is 5.06. The topological polar surface area (TPSA) is 46.9 Å². The Balaban J connectivity index is 1.92. The number of para-hydroxylation sites is 1. The molecule has 0 unspecified atom stereocenters. The van der Waals surface area contributed by atoms with E-state index in [2.05, 4.69) is 29.6 Å². The minimum atomic E-state index is -0.312. The molecule has 0 saturated carbocycles. The van der Waals surface area contributed by atoms with Crippen LogP contribution in [0.5, 0.6) is 0 Å². The van der Waals surface area contributed by atoms with Gasteiger partial charge in [-0.3, -0.25) is 4.79 Å². The number of rotatable bonds is 7. The number of thiol groups is 1. The summed E-state index contributed by atoms with van der Waals surface area (Å²) in [6, 6.07) is 21.3. The molecule has 28 heavy (non-hydrogen) atoms. The number of amides is 1. The number of benzene rings is 2. The second-order valence-corrected chi connectivity index (χ2v) is 7.02. The Morgan fingerprint density at radius 1 is 1.11 bits per heavy atom. The number of allylic oxidation sites excluding steroid dienone is 2. The van der Waals surface area contributed by atoms with Gasteiger partial charge in [-0.15, -0.1) is 24.4 Å². The molecule has 0 atom stereocenters. The lowest BCUT2D eigenvalue weighted by atomic mass is 10.1. The normalized spacial score (nSPS) is 11.5. The average Bonchev–Trinajstić information content (AvgIpc) is 3.16. The van der Waals surface area contributed by atoms with Crippen molar-refractivity contribution >= 4 is 36.1 Å². The average molecular weight is 406 g/mol. The summed E-state index contributed by atoms with van der Waals surface area (Å²) in [5, 5.41) is 11.1. The molecule has 140 valence electrons. The third-order valence-electron chi connectivity index (χ3n) is 3.76. The van der Waals surface area contributed by atoms with Crippen LogP contribution in [0.3, 0.4) is 0 Å². The lowest BCUT2D eigenvalue weighted by Crippen LogP contribution is -2.14. The molecule has 2 aromatic carbocycles. The van der Waals surface area contributed by atoms with E-state index >= 15 is 0 Å². The molecule has 1 aromatic heterocycles. The van der Waals surface area contributed by atoms with Crippen molar-refractivity contribution in [2.75, 3.05) is 5.32 Å². The Labute approximate surface area is 174 Å². The molecule has 3 rings (SSSR count).